The fourth-order valence-electron chi connectivity index (χ4n) is 1.52. The van der Waals surface area contributed by atoms with Crippen LogP contribution in [0.2, 0.25) is 0 Å². The zero-order chi connectivity index (χ0) is 15.6. The summed E-state index contributed by atoms with van der Waals surface area (Å²) in [4.78, 5) is 0. The summed E-state index contributed by atoms with van der Waals surface area (Å²) < 4.78 is 61.8. The van der Waals surface area contributed by atoms with Crippen LogP contribution in [0.5, 0.6) is 5.75 Å². The fourth-order valence-corrected chi connectivity index (χ4v) is 2.60. The Balaban J connectivity index is 2.88. The minimum atomic E-state index is -4.63. The van der Waals surface area contributed by atoms with Gasteiger partial charge in [0.25, 0.3) is 10.2 Å². The molecule has 114 valence electrons. The maximum Gasteiger partial charge on any atom is 0.402 e. The molecule has 9 heteroatoms. The zero-order valence-corrected chi connectivity index (χ0v) is 11.7. The third-order valence-corrected chi connectivity index (χ3v) is 4.35. The number of benzene rings is 1. The lowest BCUT2D eigenvalue weighted by Gasteiger charge is -2.25. The van der Waals surface area contributed by atoms with Gasteiger partial charge in [-0.15, -0.1) is 0 Å². The fraction of sp³-hybridized carbons (Fsp3) is 0.455. The Hall–Kier alpha value is -1.32. The first-order valence-electron chi connectivity index (χ1n) is 5.62. The van der Waals surface area contributed by atoms with Crippen LogP contribution in [0.25, 0.3) is 0 Å². The quantitative estimate of drug-likeness (QED) is 0.871. The summed E-state index contributed by atoms with van der Waals surface area (Å²) in [6, 6.07) is 5.20. The Bertz CT molecular complexity index is 560. The molecule has 0 amide bonds. The lowest BCUT2D eigenvalue weighted by Crippen LogP contribution is -2.43. The lowest BCUT2D eigenvalue weighted by molar-refractivity contribution is -0.121. The van der Waals surface area contributed by atoms with Gasteiger partial charge in [0.05, 0.1) is 6.04 Å². The van der Waals surface area contributed by atoms with Gasteiger partial charge < -0.3 is 5.11 Å². The molecular formula is C11H15F3N2O3S. The van der Waals surface area contributed by atoms with E-state index in [-0.39, 0.29) is 5.75 Å². The molecule has 0 saturated heterocycles. The normalized spacial score (nSPS) is 14.5. The summed E-state index contributed by atoms with van der Waals surface area (Å²) in [7, 11) is -3.17. The van der Waals surface area contributed by atoms with E-state index < -0.39 is 29.0 Å². The van der Waals surface area contributed by atoms with Gasteiger partial charge in [0.1, 0.15) is 12.3 Å². The van der Waals surface area contributed by atoms with Crippen LogP contribution in [0.4, 0.5) is 13.2 Å². The highest BCUT2D eigenvalue weighted by molar-refractivity contribution is 7.87. The van der Waals surface area contributed by atoms with Gasteiger partial charge in [-0.1, -0.05) is 18.2 Å². The molecule has 0 spiro atoms. The molecule has 0 aromatic heterocycles. The largest absolute Gasteiger partial charge is 0.508 e. The van der Waals surface area contributed by atoms with Crippen molar-refractivity contribution in [3.63, 3.8) is 0 Å². The van der Waals surface area contributed by atoms with E-state index in [2.05, 4.69) is 0 Å². The van der Waals surface area contributed by atoms with Crippen LogP contribution in [-0.2, 0) is 10.2 Å². The Morgan fingerprint density at radius 1 is 1.35 bits per heavy atom. The highest BCUT2D eigenvalue weighted by Gasteiger charge is 2.32. The first-order valence-corrected chi connectivity index (χ1v) is 7.06. The summed E-state index contributed by atoms with van der Waals surface area (Å²) >= 11 is 0. The van der Waals surface area contributed by atoms with Gasteiger partial charge in [0.2, 0.25) is 0 Å². The summed E-state index contributed by atoms with van der Waals surface area (Å²) in [5, 5.41) is 9.63. The molecule has 0 radical (unpaired) electrons. The van der Waals surface area contributed by atoms with Crippen molar-refractivity contribution in [3.05, 3.63) is 29.8 Å². The molecular weight excluding hydrogens is 297 g/mol. The van der Waals surface area contributed by atoms with Crippen LogP contribution >= 0.6 is 0 Å². The molecule has 0 aliphatic heterocycles. The number of phenolic OH excluding ortho intramolecular Hbond substituents is 1. The van der Waals surface area contributed by atoms with Gasteiger partial charge in [-0.2, -0.15) is 30.6 Å². The van der Waals surface area contributed by atoms with Crippen LogP contribution in [0.3, 0.4) is 0 Å². The van der Waals surface area contributed by atoms with Gasteiger partial charge in [-0.05, 0) is 13.0 Å². The van der Waals surface area contributed by atoms with Crippen LogP contribution in [0, 0.1) is 0 Å². The third-order valence-electron chi connectivity index (χ3n) is 2.77. The number of para-hydroxylation sites is 1. The number of aromatic hydroxyl groups is 1. The Morgan fingerprint density at radius 3 is 2.40 bits per heavy atom. The molecule has 0 bridgehead atoms. The number of nitrogens with zero attached hydrogens (tertiary/aromatic N) is 1. The van der Waals surface area contributed by atoms with E-state index in [9.17, 15) is 26.7 Å². The van der Waals surface area contributed by atoms with Crippen LogP contribution < -0.4 is 4.72 Å². The predicted molar refractivity (Wildman–Crippen MR) is 67.3 cm³/mol. The summed E-state index contributed by atoms with van der Waals surface area (Å²) in [5.74, 6) is -0.127. The minimum absolute atomic E-state index is 0.127. The first-order chi connectivity index (χ1) is 9.04. The second-order valence-electron chi connectivity index (χ2n) is 4.19. The molecule has 1 rings (SSSR count). The number of hydrogen-bond acceptors (Lipinski definition) is 3. The number of halogens is 3. The van der Waals surface area contributed by atoms with E-state index in [1.165, 1.54) is 23.8 Å². The Morgan fingerprint density at radius 2 is 1.90 bits per heavy atom. The molecule has 0 aliphatic rings. The molecule has 1 aromatic carbocycles. The van der Waals surface area contributed by atoms with Crippen LogP contribution in [-0.4, -0.2) is 37.6 Å². The van der Waals surface area contributed by atoms with Crippen LogP contribution in [0.1, 0.15) is 18.5 Å². The van der Waals surface area contributed by atoms with Gasteiger partial charge in [-0.25, -0.2) is 0 Å². The molecule has 0 heterocycles. The van der Waals surface area contributed by atoms with E-state index in [1.54, 1.807) is 12.1 Å². The molecule has 0 fully saturated rings. The van der Waals surface area contributed by atoms with Crippen LogP contribution in [0.15, 0.2) is 24.3 Å². The predicted octanol–water partition coefficient (Wildman–Crippen LogP) is 1.78. The maximum atomic E-state index is 12.1. The van der Waals surface area contributed by atoms with Gasteiger partial charge in [-0.3, -0.25) is 0 Å². The second kappa shape index (κ2) is 5.98. The minimum Gasteiger partial charge on any atom is -0.508 e. The van der Waals surface area contributed by atoms with Crippen molar-refractivity contribution in [3.8, 4) is 5.75 Å². The lowest BCUT2D eigenvalue weighted by atomic mass is 10.1. The number of rotatable bonds is 5. The molecule has 5 nitrogen and oxygen atoms in total. The monoisotopic (exact) mass is 312 g/mol. The standard InChI is InChI=1S/C11H15F3N2O3S/c1-8(9-5-3-4-6-10(9)17)16(2)20(18,19)15-7-11(12,13)14/h3-6,8,15,17H,7H2,1-2H3. The van der Waals surface area contributed by atoms with Gasteiger partial charge >= 0.3 is 6.18 Å². The second-order valence-corrected chi connectivity index (χ2v) is 6.01. The molecule has 1 unspecified atom stereocenters. The Labute approximate surface area is 115 Å². The summed E-state index contributed by atoms with van der Waals surface area (Å²) in [6.07, 6.45) is -4.63. The van der Waals surface area contributed by atoms with Crippen molar-refractivity contribution < 1.29 is 26.7 Å². The van der Waals surface area contributed by atoms with Crippen molar-refractivity contribution in [1.82, 2.24) is 9.03 Å². The van der Waals surface area contributed by atoms with Crippen molar-refractivity contribution >= 4 is 10.2 Å². The smallest absolute Gasteiger partial charge is 0.402 e. The van der Waals surface area contributed by atoms with E-state index in [0.717, 1.165) is 11.4 Å². The van der Waals surface area contributed by atoms with E-state index in [0.29, 0.717) is 5.56 Å². The molecule has 1 aromatic rings. The van der Waals surface area contributed by atoms with Crippen molar-refractivity contribution in [1.29, 1.82) is 0 Å². The van der Waals surface area contributed by atoms with E-state index in [4.69, 9.17) is 0 Å². The molecule has 0 saturated carbocycles. The van der Waals surface area contributed by atoms with E-state index >= 15 is 0 Å². The zero-order valence-electron chi connectivity index (χ0n) is 10.8. The maximum absolute atomic E-state index is 12.1. The topological polar surface area (TPSA) is 69.6 Å². The molecule has 2 N–H and O–H groups in total. The van der Waals surface area contributed by atoms with E-state index in [1.807, 2.05) is 0 Å². The van der Waals surface area contributed by atoms with Crippen molar-refractivity contribution in [2.75, 3.05) is 13.6 Å². The number of phenols is 1. The number of hydrogen-bond donors (Lipinski definition) is 2. The molecule has 20 heavy (non-hydrogen) atoms. The number of nitrogens with one attached hydrogen (secondary N) is 1. The van der Waals surface area contributed by atoms with Crippen molar-refractivity contribution in [2.45, 2.75) is 19.1 Å². The highest BCUT2D eigenvalue weighted by atomic mass is 32.2. The average molecular weight is 312 g/mol. The van der Waals surface area contributed by atoms with Gasteiger partial charge in [0.15, 0.2) is 0 Å². The summed E-state index contributed by atoms with van der Waals surface area (Å²) in [6.45, 7) is -0.185. The average Bonchev–Trinajstić information content (AvgIpc) is 2.34. The summed E-state index contributed by atoms with van der Waals surface area (Å²) in [5.41, 5.74) is 0.299. The van der Waals surface area contributed by atoms with Crippen molar-refractivity contribution in [2.24, 2.45) is 0 Å². The molecule has 1 atom stereocenters. The third kappa shape index (κ3) is 4.36. The highest BCUT2D eigenvalue weighted by Crippen LogP contribution is 2.28. The Kier molecular flexibility index (Phi) is 5.00. The molecule has 0 aliphatic carbocycles. The van der Waals surface area contributed by atoms with Gasteiger partial charge in [0, 0.05) is 12.6 Å². The SMILES string of the molecule is CC(c1ccccc1O)N(C)S(=O)(=O)NCC(F)(F)F. The first kappa shape index (κ1) is 16.7. The number of alkyl halides is 3.